The first-order valence-corrected chi connectivity index (χ1v) is 7.72. The van der Waals surface area contributed by atoms with E-state index >= 15 is 0 Å². The van der Waals surface area contributed by atoms with Gasteiger partial charge in [-0.15, -0.1) is 10.2 Å². The third-order valence-corrected chi connectivity index (χ3v) is 4.62. The van der Waals surface area contributed by atoms with Gasteiger partial charge < -0.3 is 8.98 Å². The summed E-state index contributed by atoms with van der Waals surface area (Å²) in [6, 6.07) is 3.97. The van der Waals surface area contributed by atoms with Gasteiger partial charge >= 0.3 is 6.18 Å². The van der Waals surface area contributed by atoms with Crippen LogP contribution in [0.3, 0.4) is 0 Å². The van der Waals surface area contributed by atoms with Crippen molar-refractivity contribution in [1.82, 2.24) is 19.7 Å². The van der Waals surface area contributed by atoms with Crippen molar-refractivity contribution in [2.75, 3.05) is 6.54 Å². The Morgan fingerprint density at radius 1 is 1.26 bits per heavy atom. The molecule has 23 heavy (non-hydrogen) atoms. The quantitative estimate of drug-likeness (QED) is 0.870. The number of nitrogens with zero attached hydrogens (tertiary/aromatic N) is 4. The lowest BCUT2D eigenvalue weighted by Crippen LogP contribution is -2.34. The average molecular weight is 326 g/mol. The van der Waals surface area contributed by atoms with Crippen LogP contribution in [0.4, 0.5) is 13.2 Å². The molecule has 0 N–H and O–H groups in total. The van der Waals surface area contributed by atoms with Crippen molar-refractivity contribution in [2.24, 2.45) is 5.92 Å². The van der Waals surface area contributed by atoms with Gasteiger partial charge in [0.1, 0.15) is 17.3 Å². The predicted molar refractivity (Wildman–Crippen MR) is 74.4 cm³/mol. The molecule has 1 aliphatic carbocycles. The Morgan fingerprint density at radius 3 is 2.74 bits per heavy atom. The van der Waals surface area contributed by atoms with Gasteiger partial charge in [0.15, 0.2) is 0 Å². The van der Waals surface area contributed by atoms with E-state index in [1.165, 1.54) is 6.42 Å². The van der Waals surface area contributed by atoms with E-state index < -0.39 is 12.0 Å². The summed E-state index contributed by atoms with van der Waals surface area (Å²) in [7, 11) is 0. The van der Waals surface area contributed by atoms with E-state index in [4.69, 9.17) is 4.42 Å². The third kappa shape index (κ3) is 2.75. The van der Waals surface area contributed by atoms with Gasteiger partial charge in [0.05, 0.1) is 13.1 Å². The monoisotopic (exact) mass is 326 g/mol. The molecule has 5 nitrogen and oxygen atoms in total. The molecule has 0 radical (unpaired) electrons. The lowest BCUT2D eigenvalue weighted by Gasteiger charge is -2.27. The van der Waals surface area contributed by atoms with Gasteiger partial charge in [0.25, 0.3) is 0 Å². The molecule has 2 atom stereocenters. The maximum Gasteiger partial charge on any atom is 0.451 e. The van der Waals surface area contributed by atoms with Gasteiger partial charge in [-0.05, 0) is 24.5 Å². The summed E-state index contributed by atoms with van der Waals surface area (Å²) >= 11 is 0. The molecule has 1 fully saturated rings. The molecule has 124 valence electrons. The molecule has 0 amide bonds. The second-order valence-corrected chi connectivity index (χ2v) is 6.42. The van der Waals surface area contributed by atoms with Crippen LogP contribution in [-0.2, 0) is 25.8 Å². The van der Waals surface area contributed by atoms with Gasteiger partial charge in [-0.3, -0.25) is 4.90 Å². The standard InChI is InChI=1S/C15H17F3N4O/c1-9-6-11(9)12-3-2-10(23-12)7-21-4-5-22-13(8-21)19-20-14(22)15(16,17)18/h2-3,9,11H,4-8H2,1H3/t9-,11+/m0/s1. The Hall–Kier alpha value is -1.83. The Kier molecular flexibility index (Phi) is 3.26. The van der Waals surface area contributed by atoms with Crippen molar-refractivity contribution in [3.05, 3.63) is 35.3 Å². The minimum atomic E-state index is -4.45. The van der Waals surface area contributed by atoms with Crippen molar-refractivity contribution in [3.8, 4) is 0 Å². The highest BCUT2D eigenvalue weighted by Gasteiger charge is 2.40. The van der Waals surface area contributed by atoms with E-state index in [-0.39, 0.29) is 6.54 Å². The van der Waals surface area contributed by atoms with Crippen molar-refractivity contribution >= 4 is 0 Å². The minimum absolute atomic E-state index is 0.240. The molecule has 1 saturated carbocycles. The Labute approximate surface area is 131 Å². The zero-order valence-corrected chi connectivity index (χ0v) is 12.7. The fourth-order valence-corrected chi connectivity index (χ4v) is 3.17. The maximum atomic E-state index is 12.8. The summed E-state index contributed by atoms with van der Waals surface area (Å²) in [4.78, 5) is 2.03. The van der Waals surface area contributed by atoms with Crippen LogP contribution in [0.2, 0.25) is 0 Å². The van der Waals surface area contributed by atoms with Crippen LogP contribution in [0, 0.1) is 5.92 Å². The van der Waals surface area contributed by atoms with E-state index in [9.17, 15) is 13.2 Å². The van der Waals surface area contributed by atoms with E-state index in [1.807, 2.05) is 17.0 Å². The number of fused-ring (bicyclic) bond motifs is 1. The van der Waals surface area contributed by atoms with Crippen molar-refractivity contribution in [3.63, 3.8) is 0 Å². The van der Waals surface area contributed by atoms with E-state index in [0.717, 1.165) is 16.1 Å². The third-order valence-electron chi connectivity index (χ3n) is 4.62. The average Bonchev–Trinajstić information content (AvgIpc) is 2.90. The van der Waals surface area contributed by atoms with Gasteiger partial charge in [-0.1, -0.05) is 6.92 Å². The molecular weight excluding hydrogens is 309 g/mol. The molecule has 0 unspecified atom stereocenters. The zero-order chi connectivity index (χ0) is 16.2. The largest absolute Gasteiger partial charge is 0.464 e. The summed E-state index contributed by atoms with van der Waals surface area (Å²) in [5, 5.41) is 6.98. The maximum absolute atomic E-state index is 12.8. The topological polar surface area (TPSA) is 47.1 Å². The smallest absolute Gasteiger partial charge is 0.451 e. The first-order valence-electron chi connectivity index (χ1n) is 7.72. The zero-order valence-electron chi connectivity index (χ0n) is 12.7. The highest BCUT2D eigenvalue weighted by atomic mass is 19.4. The Bertz CT molecular complexity index is 721. The minimum Gasteiger partial charge on any atom is -0.464 e. The van der Waals surface area contributed by atoms with Gasteiger partial charge in [-0.2, -0.15) is 13.2 Å². The summed E-state index contributed by atoms with van der Waals surface area (Å²) in [6.07, 6.45) is -3.29. The van der Waals surface area contributed by atoms with E-state index in [1.54, 1.807) is 0 Å². The molecule has 0 spiro atoms. The number of halogens is 3. The van der Waals surface area contributed by atoms with Crippen molar-refractivity contribution in [1.29, 1.82) is 0 Å². The molecule has 0 aromatic carbocycles. The first kappa shape index (κ1) is 14.7. The van der Waals surface area contributed by atoms with E-state index in [0.29, 0.717) is 37.3 Å². The Morgan fingerprint density at radius 2 is 2.04 bits per heavy atom. The van der Waals surface area contributed by atoms with Crippen LogP contribution in [-0.4, -0.2) is 26.2 Å². The molecule has 2 aliphatic rings. The summed E-state index contributed by atoms with van der Waals surface area (Å²) < 4.78 is 45.5. The first-order chi connectivity index (χ1) is 10.9. The Balaban J connectivity index is 1.44. The second kappa shape index (κ2) is 5.09. The second-order valence-electron chi connectivity index (χ2n) is 6.42. The summed E-state index contributed by atoms with van der Waals surface area (Å²) in [5.74, 6) is 2.53. The summed E-state index contributed by atoms with van der Waals surface area (Å²) in [5.41, 5.74) is 0. The highest BCUT2D eigenvalue weighted by Crippen LogP contribution is 2.47. The number of alkyl halides is 3. The number of furan rings is 1. The van der Waals surface area contributed by atoms with Gasteiger partial charge in [0, 0.05) is 19.0 Å². The molecule has 0 saturated heterocycles. The number of hydrogen-bond donors (Lipinski definition) is 0. The molecule has 3 heterocycles. The van der Waals surface area contributed by atoms with Crippen LogP contribution >= 0.6 is 0 Å². The molecule has 8 heteroatoms. The molecule has 1 aliphatic heterocycles. The SMILES string of the molecule is C[C@H]1C[C@H]1c1ccc(CN2CCn3c(nnc3C(F)(F)F)C2)o1. The van der Waals surface area contributed by atoms with Crippen LogP contribution in [0.25, 0.3) is 0 Å². The van der Waals surface area contributed by atoms with Crippen LogP contribution in [0.1, 0.15) is 42.4 Å². The molecule has 2 aromatic rings. The van der Waals surface area contributed by atoms with Gasteiger partial charge in [0.2, 0.25) is 5.82 Å². The number of aromatic nitrogens is 3. The fraction of sp³-hybridized carbons (Fsp3) is 0.600. The summed E-state index contributed by atoms with van der Waals surface area (Å²) in [6.45, 7) is 3.88. The molecule has 2 aromatic heterocycles. The lowest BCUT2D eigenvalue weighted by molar-refractivity contribution is -0.148. The van der Waals surface area contributed by atoms with Gasteiger partial charge in [-0.25, -0.2) is 0 Å². The molecular formula is C15H17F3N4O. The van der Waals surface area contributed by atoms with Crippen molar-refractivity contribution in [2.45, 2.75) is 45.1 Å². The highest BCUT2D eigenvalue weighted by molar-refractivity contribution is 5.17. The van der Waals surface area contributed by atoms with Crippen LogP contribution < -0.4 is 0 Å². The molecule has 4 rings (SSSR count). The lowest BCUT2D eigenvalue weighted by atomic mass is 10.3. The van der Waals surface area contributed by atoms with Crippen LogP contribution in [0.15, 0.2) is 16.5 Å². The normalized spacial score (nSPS) is 24.7. The predicted octanol–water partition coefficient (Wildman–Crippen LogP) is 3.03. The molecule has 0 bridgehead atoms. The van der Waals surface area contributed by atoms with Crippen molar-refractivity contribution < 1.29 is 17.6 Å². The fourth-order valence-electron chi connectivity index (χ4n) is 3.17. The van der Waals surface area contributed by atoms with Crippen LogP contribution in [0.5, 0.6) is 0 Å². The number of rotatable bonds is 3. The van der Waals surface area contributed by atoms with E-state index in [2.05, 4.69) is 17.1 Å². The number of hydrogen-bond acceptors (Lipinski definition) is 4.